The van der Waals surface area contributed by atoms with Crippen LogP contribution in [-0.4, -0.2) is 82.8 Å². The van der Waals surface area contributed by atoms with E-state index in [2.05, 4.69) is 4.98 Å². The molecule has 1 saturated carbocycles. The molecule has 6 heterocycles. The highest BCUT2D eigenvalue weighted by Gasteiger charge is 2.65. The standard InChI is InChI=1S/C32H40ClFN4O7/c1-16-22(32(12-13-32)44-19-9-7-8-14-42-19)20-21-26(35-16)37-15-31(28(39)41-6)11-10-18(38(31)29(40)45-30(3,4)5)24(37)17(2)43-27(21)36-25(33)23(20)34/h17-19,24H,7-15H2,1-6H3/t17?,18-,19?,24+,31+/m0/s1. The van der Waals surface area contributed by atoms with E-state index < -0.39 is 52.8 Å². The first-order chi connectivity index (χ1) is 21.3. The predicted octanol–water partition coefficient (Wildman–Crippen LogP) is 5.54. The minimum atomic E-state index is -1.35. The Kier molecular flexibility index (Phi) is 7.18. The maximum absolute atomic E-state index is 16.4. The van der Waals surface area contributed by atoms with Crippen molar-refractivity contribution in [2.75, 3.05) is 25.2 Å². The molecular formula is C32H40ClFN4O7. The molecule has 0 radical (unpaired) electrons. The van der Waals surface area contributed by atoms with Gasteiger partial charge < -0.3 is 28.6 Å². The van der Waals surface area contributed by atoms with Crippen LogP contribution < -0.4 is 9.64 Å². The fraction of sp³-hybridized carbons (Fsp3) is 0.688. The third kappa shape index (κ3) is 4.73. The lowest BCUT2D eigenvalue weighted by Crippen LogP contribution is -2.72. The van der Waals surface area contributed by atoms with E-state index >= 15 is 4.39 Å². The number of ether oxygens (including phenoxy) is 5. The molecule has 5 aliphatic rings. The van der Waals surface area contributed by atoms with Gasteiger partial charge in [-0.3, -0.25) is 4.90 Å². The van der Waals surface area contributed by atoms with E-state index in [1.165, 1.54) is 12.0 Å². The lowest BCUT2D eigenvalue weighted by atomic mass is 9.91. The summed E-state index contributed by atoms with van der Waals surface area (Å²) in [5.41, 5.74) is -1.71. The molecule has 7 rings (SSSR count). The number of fused-ring (bicyclic) bond motifs is 5. The molecule has 1 amide bonds. The van der Waals surface area contributed by atoms with Gasteiger partial charge >= 0.3 is 12.1 Å². The van der Waals surface area contributed by atoms with Crippen LogP contribution >= 0.6 is 11.6 Å². The minimum absolute atomic E-state index is 0.0515. The number of hydrogen-bond acceptors (Lipinski definition) is 10. The van der Waals surface area contributed by atoms with Crippen LogP contribution in [0, 0.1) is 12.7 Å². The van der Waals surface area contributed by atoms with Crippen molar-refractivity contribution >= 4 is 40.3 Å². The number of amides is 1. The summed E-state index contributed by atoms with van der Waals surface area (Å²) in [4.78, 5) is 40.4. The van der Waals surface area contributed by atoms with Crippen molar-refractivity contribution in [3.63, 3.8) is 0 Å². The average molecular weight is 647 g/mol. The van der Waals surface area contributed by atoms with Gasteiger partial charge in [0, 0.05) is 23.3 Å². The van der Waals surface area contributed by atoms with Crippen molar-refractivity contribution in [2.45, 2.75) is 121 Å². The Hall–Kier alpha value is -2.96. The van der Waals surface area contributed by atoms with Gasteiger partial charge in [0.25, 0.3) is 0 Å². The summed E-state index contributed by atoms with van der Waals surface area (Å²) in [6.07, 6.45) is 3.44. The number of carbonyl (C=O) groups excluding carboxylic acids is 2. The highest BCUT2D eigenvalue weighted by atomic mass is 35.5. The molecule has 11 nitrogen and oxygen atoms in total. The number of methoxy groups -OCH3 is 1. The lowest BCUT2D eigenvalue weighted by Gasteiger charge is -2.52. The van der Waals surface area contributed by atoms with Gasteiger partial charge in [0.1, 0.15) is 17.5 Å². The second-order valence-corrected chi connectivity index (χ2v) is 14.4. The summed E-state index contributed by atoms with van der Waals surface area (Å²) in [5.74, 6) is -0.648. The molecule has 45 heavy (non-hydrogen) atoms. The highest BCUT2D eigenvalue weighted by molar-refractivity contribution is 6.30. The molecule has 4 fully saturated rings. The van der Waals surface area contributed by atoms with Crippen LogP contribution in [0.15, 0.2) is 0 Å². The molecule has 2 aromatic heterocycles. The number of rotatable bonds is 4. The van der Waals surface area contributed by atoms with Crippen molar-refractivity contribution in [2.24, 2.45) is 0 Å². The molecule has 4 aliphatic heterocycles. The Bertz CT molecular complexity index is 1570. The minimum Gasteiger partial charge on any atom is -0.472 e. The third-order valence-corrected chi connectivity index (χ3v) is 10.1. The highest BCUT2D eigenvalue weighted by Crippen LogP contribution is 2.57. The average Bonchev–Trinajstić information content (AvgIpc) is 3.71. The number of aryl methyl sites for hydroxylation is 1. The fourth-order valence-electron chi connectivity index (χ4n) is 7.99. The Balaban J connectivity index is 1.40. The predicted molar refractivity (Wildman–Crippen MR) is 162 cm³/mol. The molecule has 0 N–H and O–H groups in total. The van der Waals surface area contributed by atoms with Gasteiger partial charge in [0.05, 0.1) is 36.7 Å². The van der Waals surface area contributed by atoms with Crippen LogP contribution in [0.25, 0.3) is 10.8 Å². The quantitative estimate of drug-likeness (QED) is 0.310. The van der Waals surface area contributed by atoms with Gasteiger partial charge in [-0.1, -0.05) is 11.6 Å². The van der Waals surface area contributed by atoms with Gasteiger partial charge in [-0.2, -0.15) is 4.98 Å². The number of halogens is 2. The van der Waals surface area contributed by atoms with E-state index in [4.69, 9.17) is 40.3 Å². The molecule has 244 valence electrons. The van der Waals surface area contributed by atoms with E-state index in [0.29, 0.717) is 54.8 Å². The Morgan fingerprint density at radius 1 is 1.11 bits per heavy atom. The van der Waals surface area contributed by atoms with E-state index in [9.17, 15) is 9.59 Å². The summed E-state index contributed by atoms with van der Waals surface area (Å²) in [6.45, 7) is 9.75. The number of aromatic nitrogens is 2. The second kappa shape index (κ2) is 10.5. The maximum Gasteiger partial charge on any atom is 0.411 e. The molecule has 3 saturated heterocycles. The lowest BCUT2D eigenvalue weighted by molar-refractivity contribution is -0.199. The molecular weight excluding hydrogens is 607 g/mol. The van der Waals surface area contributed by atoms with Crippen molar-refractivity contribution in [3.05, 3.63) is 22.2 Å². The fourth-order valence-corrected chi connectivity index (χ4v) is 8.16. The van der Waals surface area contributed by atoms with Gasteiger partial charge in [0.2, 0.25) is 5.88 Å². The zero-order valence-electron chi connectivity index (χ0n) is 26.6. The molecule has 13 heteroatoms. The number of anilines is 1. The SMILES string of the molecule is COC(=O)[C@@]12CC[C@@H]([C@H]3C(C)Oc4nc(Cl)c(F)c5c(C6(OC7CCCCO7)CC6)c(C)nc(c45)N3C1)N2C(=O)OC(C)(C)C. The van der Waals surface area contributed by atoms with Crippen molar-refractivity contribution in [3.8, 4) is 5.88 Å². The summed E-state index contributed by atoms with van der Waals surface area (Å²) < 4.78 is 46.5. The van der Waals surface area contributed by atoms with Crippen LogP contribution in [0.4, 0.5) is 15.0 Å². The topological polar surface area (TPSA) is 113 Å². The first-order valence-corrected chi connectivity index (χ1v) is 16.2. The summed E-state index contributed by atoms with van der Waals surface area (Å²) in [5, 5.41) is 0.314. The Morgan fingerprint density at radius 3 is 2.51 bits per heavy atom. The van der Waals surface area contributed by atoms with Crippen LogP contribution in [0.3, 0.4) is 0 Å². The van der Waals surface area contributed by atoms with Crippen molar-refractivity contribution in [1.82, 2.24) is 14.9 Å². The van der Waals surface area contributed by atoms with Crippen LogP contribution in [0.5, 0.6) is 5.88 Å². The number of piperazine rings is 1. The third-order valence-electron chi connectivity index (χ3n) is 9.87. The number of carbonyl (C=O) groups is 2. The Labute approximate surface area is 266 Å². The summed E-state index contributed by atoms with van der Waals surface area (Å²) in [7, 11) is 1.31. The van der Waals surface area contributed by atoms with Gasteiger partial charge in [-0.15, -0.1) is 0 Å². The maximum atomic E-state index is 16.4. The van der Waals surface area contributed by atoms with Crippen molar-refractivity contribution in [1.29, 1.82) is 0 Å². The Morgan fingerprint density at radius 2 is 1.87 bits per heavy atom. The molecule has 2 aromatic rings. The van der Waals surface area contributed by atoms with Gasteiger partial charge in [-0.05, 0) is 79.6 Å². The van der Waals surface area contributed by atoms with Gasteiger partial charge in [-0.25, -0.2) is 19.0 Å². The van der Waals surface area contributed by atoms with E-state index in [1.54, 1.807) is 20.8 Å². The first kappa shape index (κ1) is 30.7. The monoisotopic (exact) mass is 646 g/mol. The molecule has 5 atom stereocenters. The first-order valence-electron chi connectivity index (χ1n) is 15.8. The second-order valence-electron chi connectivity index (χ2n) is 14.0. The molecule has 2 unspecified atom stereocenters. The summed E-state index contributed by atoms with van der Waals surface area (Å²) >= 11 is 6.46. The van der Waals surface area contributed by atoms with E-state index in [0.717, 1.165) is 19.3 Å². The molecule has 0 spiro atoms. The zero-order valence-corrected chi connectivity index (χ0v) is 27.3. The normalized spacial score (nSPS) is 30.0. The number of hydrogen-bond donors (Lipinski definition) is 0. The molecule has 2 bridgehead atoms. The smallest absolute Gasteiger partial charge is 0.411 e. The molecule has 1 aliphatic carbocycles. The summed E-state index contributed by atoms with van der Waals surface area (Å²) in [6, 6.07) is -0.952. The number of esters is 1. The van der Waals surface area contributed by atoms with Gasteiger partial charge in [0.15, 0.2) is 22.8 Å². The number of pyridine rings is 2. The van der Waals surface area contributed by atoms with Crippen LogP contribution in [0.2, 0.25) is 5.15 Å². The van der Waals surface area contributed by atoms with Crippen LogP contribution in [0.1, 0.15) is 83.9 Å². The number of nitrogens with zero attached hydrogens (tertiary/aromatic N) is 4. The molecule has 0 aromatic carbocycles. The zero-order chi connectivity index (χ0) is 32.1. The van der Waals surface area contributed by atoms with Crippen LogP contribution in [-0.2, 0) is 29.3 Å². The van der Waals surface area contributed by atoms with Crippen molar-refractivity contribution < 1.29 is 37.7 Å². The largest absolute Gasteiger partial charge is 0.472 e. The van der Waals surface area contributed by atoms with E-state index in [1.807, 2.05) is 18.7 Å². The van der Waals surface area contributed by atoms with E-state index in [-0.39, 0.29) is 29.3 Å².